The van der Waals surface area contributed by atoms with Crippen molar-refractivity contribution in [2.75, 3.05) is 12.4 Å². The van der Waals surface area contributed by atoms with Gasteiger partial charge >= 0.3 is 5.97 Å². The summed E-state index contributed by atoms with van der Waals surface area (Å²) in [6.45, 7) is 1.35. The zero-order valence-electron chi connectivity index (χ0n) is 13.9. The summed E-state index contributed by atoms with van der Waals surface area (Å²) in [6, 6.07) is 8.56. The van der Waals surface area contributed by atoms with Crippen molar-refractivity contribution in [2.24, 2.45) is 0 Å². The van der Waals surface area contributed by atoms with Crippen molar-refractivity contribution in [3.05, 3.63) is 47.9 Å². The zero-order chi connectivity index (χ0) is 18.8. The van der Waals surface area contributed by atoms with Crippen LogP contribution in [0.3, 0.4) is 0 Å². The van der Waals surface area contributed by atoms with Crippen LogP contribution in [0, 0.1) is 5.82 Å². The summed E-state index contributed by atoms with van der Waals surface area (Å²) < 4.78 is 24.3. The maximum Gasteiger partial charge on any atom is 0.352 e. The van der Waals surface area contributed by atoms with Gasteiger partial charge in [0.05, 0.1) is 12.6 Å². The van der Waals surface area contributed by atoms with Crippen LogP contribution in [-0.2, 0) is 4.79 Å². The number of aromatic carboxylic acids is 1. The van der Waals surface area contributed by atoms with Crippen LogP contribution in [0.25, 0.3) is 10.9 Å². The van der Waals surface area contributed by atoms with Crippen molar-refractivity contribution < 1.29 is 28.6 Å². The Bertz CT molecular complexity index is 1010. The Hall–Kier alpha value is -3.55. The van der Waals surface area contributed by atoms with E-state index in [9.17, 15) is 19.1 Å². The molecule has 0 saturated heterocycles. The summed E-state index contributed by atoms with van der Waals surface area (Å²) in [5.41, 5.74) is 0.868. The highest BCUT2D eigenvalue weighted by atomic mass is 19.1. The second-order valence-electron chi connectivity index (χ2n) is 5.50. The summed E-state index contributed by atoms with van der Waals surface area (Å²) in [5.74, 6) is -1.35. The van der Waals surface area contributed by atoms with E-state index in [0.717, 1.165) is 0 Å². The number of carbonyl (C=O) groups is 2. The normalized spacial score (nSPS) is 10.6. The SMILES string of the molecule is COc1cc(Oc2cc(NC(C)=O)cc3[nH]c(C(=O)O)cc23)ccc1F. The van der Waals surface area contributed by atoms with Crippen molar-refractivity contribution in [3.63, 3.8) is 0 Å². The Morgan fingerprint density at radius 3 is 2.58 bits per heavy atom. The van der Waals surface area contributed by atoms with Crippen LogP contribution in [0.5, 0.6) is 17.2 Å². The number of fused-ring (bicyclic) bond motifs is 1. The number of nitrogens with one attached hydrogen (secondary N) is 2. The van der Waals surface area contributed by atoms with E-state index in [1.54, 1.807) is 12.1 Å². The van der Waals surface area contributed by atoms with E-state index < -0.39 is 11.8 Å². The summed E-state index contributed by atoms with van der Waals surface area (Å²) in [6.07, 6.45) is 0. The lowest BCUT2D eigenvalue weighted by molar-refractivity contribution is -0.114. The molecule has 0 bridgehead atoms. The standard InChI is InChI=1S/C18H15FN2O5/c1-9(22)20-10-5-14-12(8-15(21-14)18(23)24)16(6-10)26-11-3-4-13(19)17(7-11)25-2/h3-8,21H,1-2H3,(H,20,22)(H,23,24). The number of anilines is 1. The van der Waals surface area contributed by atoms with Crippen LogP contribution in [0.1, 0.15) is 17.4 Å². The number of H-pyrrole nitrogens is 1. The fourth-order valence-corrected chi connectivity index (χ4v) is 2.51. The maximum absolute atomic E-state index is 13.6. The fourth-order valence-electron chi connectivity index (χ4n) is 2.51. The molecule has 3 rings (SSSR count). The average molecular weight is 358 g/mol. The average Bonchev–Trinajstić information content (AvgIpc) is 3.00. The number of hydrogen-bond acceptors (Lipinski definition) is 4. The Kier molecular flexibility index (Phi) is 4.49. The molecule has 26 heavy (non-hydrogen) atoms. The Morgan fingerprint density at radius 1 is 1.15 bits per heavy atom. The number of carbonyl (C=O) groups excluding carboxylic acids is 1. The number of aromatic amines is 1. The van der Waals surface area contributed by atoms with Crippen molar-refractivity contribution in [2.45, 2.75) is 6.92 Å². The van der Waals surface area contributed by atoms with Crippen LogP contribution in [0.15, 0.2) is 36.4 Å². The molecule has 7 nitrogen and oxygen atoms in total. The quantitative estimate of drug-likeness (QED) is 0.645. The molecule has 134 valence electrons. The molecule has 8 heteroatoms. The van der Waals surface area contributed by atoms with Crippen molar-refractivity contribution in [3.8, 4) is 17.2 Å². The molecule has 1 heterocycles. The Labute approximate surface area is 147 Å². The third-order valence-corrected chi connectivity index (χ3v) is 3.60. The molecule has 0 aliphatic carbocycles. The van der Waals surface area contributed by atoms with Gasteiger partial charge in [-0.2, -0.15) is 0 Å². The molecule has 3 aromatic rings. The Morgan fingerprint density at radius 2 is 1.92 bits per heavy atom. The van der Waals surface area contributed by atoms with Gasteiger partial charge in [-0.1, -0.05) is 0 Å². The molecule has 0 aliphatic rings. The fraction of sp³-hybridized carbons (Fsp3) is 0.111. The predicted molar refractivity (Wildman–Crippen MR) is 92.6 cm³/mol. The lowest BCUT2D eigenvalue weighted by atomic mass is 10.2. The number of rotatable bonds is 5. The number of carboxylic acid groups (broad SMARTS) is 1. The van der Waals surface area contributed by atoms with E-state index in [2.05, 4.69) is 10.3 Å². The first kappa shape index (κ1) is 17.3. The van der Waals surface area contributed by atoms with Gasteiger partial charge in [0.25, 0.3) is 0 Å². The summed E-state index contributed by atoms with van der Waals surface area (Å²) in [4.78, 5) is 25.3. The van der Waals surface area contributed by atoms with Gasteiger partial charge in [0.1, 0.15) is 17.2 Å². The van der Waals surface area contributed by atoms with Crippen LogP contribution < -0.4 is 14.8 Å². The Balaban J connectivity index is 2.09. The minimum absolute atomic E-state index is 0.0112. The molecule has 0 radical (unpaired) electrons. The maximum atomic E-state index is 13.6. The molecule has 0 spiro atoms. The highest BCUT2D eigenvalue weighted by Crippen LogP contribution is 2.35. The molecule has 1 aromatic heterocycles. The van der Waals surface area contributed by atoms with E-state index in [-0.39, 0.29) is 17.4 Å². The number of aromatic nitrogens is 1. The molecule has 0 aliphatic heterocycles. The molecule has 1 amide bonds. The van der Waals surface area contributed by atoms with E-state index in [4.69, 9.17) is 9.47 Å². The third-order valence-electron chi connectivity index (χ3n) is 3.60. The van der Waals surface area contributed by atoms with Crippen molar-refractivity contribution in [1.82, 2.24) is 4.98 Å². The summed E-state index contributed by atoms with van der Waals surface area (Å²) in [5, 5.41) is 12.3. The van der Waals surface area contributed by atoms with Gasteiger partial charge < -0.3 is 24.9 Å². The smallest absolute Gasteiger partial charge is 0.352 e. The molecular weight excluding hydrogens is 343 g/mol. The van der Waals surface area contributed by atoms with E-state index in [1.165, 1.54) is 38.3 Å². The van der Waals surface area contributed by atoms with Crippen LogP contribution in [0.4, 0.5) is 10.1 Å². The molecule has 0 fully saturated rings. The second-order valence-corrected chi connectivity index (χ2v) is 5.50. The molecule has 0 unspecified atom stereocenters. The predicted octanol–water partition coefficient (Wildman–Crippen LogP) is 3.76. The van der Waals surface area contributed by atoms with Gasteiger partial charge in [-0.25, -0.2) is 9.18 Å². The van der Waals surface area contributed by atoms with Gasteiger partial charge in [0.15, 0.2) is 11.6 Å². The van der Waals surface area contributed by atoms with Crippen molar-refractivity contribution in [1.29, 1.82) is 0 Å². The number of ether oxygens (including phenoxy) is 2. The highest BCUT2D eigenvalue weighted by Gasteiger charge is 2.15. The number of methoxy groups -OCH3 is 1. The van der Waals surface area contributed by atoms with E-state index in [0.29, 0.717) is 28.1 Å². The minimum atomic E-state index is -1.13. The van der Waals surface area contributed by atoms with Gasteiger partial charge in [0, 0.05) is 30.1 Å². The van der Waals surface area contributed by atoms with Crippen LogP contribution in [0.2, 0.25) is 0 Å². The summed E-state index contributed by atoms with van der Waals surface area (Å²) in [7, 11) is 1.34. The highest BCUT2D eigenvalue weighted by molar-refractivity contribution is 5.99. The number of hydrogen-bond donors (Lipinski definition) is 3. The monoisotopic (exact) mass is 358 g/mol. The first-order valence-corrected chi connectivity index (χ1v) is 7.56. The third kappa shape index (κ3) is 3.44. The van der Waals surface area contributed by atoms with Crippen LogP contribution >= 0.6 is 0 Å². The van der Waals surface area contributed by atoms with E-state index >= 15 is 0 Å². The van der Waals surface area contributed by atoms with Gasteiger partial charge in [-0.05, 0) is 24.3 Å². The van der Waals surface area contributed by atoms with Gasteiger partial charge in [-0.3, -0.25) is 4.79 Å². The number of benzene rings is 2. The molecular formula is C18H15FN2O5. The molecule has 0 atom stereocenters. The molecule has 3 N–H and O–H groups in total. The first-order valence-electron chi connectivity index (χ1n) is 7.56. The van der Waals surface area contributed by atoms with Crippen molar-refractivity contribution >= 4 is 28.5 Å². The van der Waals surface area contributed by atoms with E-state index in [1.807, 2.05) is 0 Å². The number of amides is 1. The minimum Gasteiger partial charge on any atom is -0.494 e. The van der Waals surface area contributed by atoms with Crippen LogP contribution in [-0.4, -0.2) is 29.1 Å². The number of halogens is 1. The topological polar surface area (TPSA) is 101 Å². The van der Waals surface area contributed by atoms with Gasteiger partial charge in [0.2, 0.25) is 5.91 Å². The largest absolute Gasteiger partial charge is 0.494 e. The number of carboxylic acids is 1. The first-order chi connectivity index (χ1) is 12.4. The second kappa shape index (κ2) is 6.75. The zero-order valence-corrected chi connectivity index (χ0v) is 13.9. The lowest BCUT2D eigenvalue weighted by Gasteiger charge is -2.11. The summed E-state index contributed by atoms with van der Waals surface area (Å²) >= 11 is 0. The molecule has 0 saturated carbocycles. The van der Waals surface area contributed by atoms with Gasteiger partial charge in [-0.15, -0.1) is 0 Å². The molecule has 2 aromatic carbocycles. The lowest BCUT2D eigenvalue weighted by Crippen LogP contribution is -2.05.